The van der Waals surface area contributed by atoms with Gasteiger partial charge in [-0.25, -0.2) is 9.07 Å². The minimum atomic E-state index is -4.35. The molecule has 1 aromatic carbocycles. The van der Waals surface area contributed by atoms with Gasteiger partial charge in [-0.3, -0.25) is 4.79 Å². The van der Waals surface area contributed by atoms with Crippen LogP contribution in [0.4, 0.5) is 17.6 Å². The molecule has 0 atom stereocenters. The van der Waals surface area contributed by atoms with Crippen LogP contribution >= 0.6 is 0 Å². The first kappa shape index (κ1) is 19.9. The number of rotatable bonds is 8. The van der Waals surface area contributed by atoms with Crippen LogP contribution in [0.3, 0.4) is 0 Å². The van der Waals surface area contributed by atoms with E-state index in [1.54, 1.807) is 16.8 Å². The summed E-state index contributed by atoms with van der Waals surface area (Å²) in [7, 11) is 0. The highest BCUT2D eigenvalue weighted by molar-refractivity contribution is 5.95. The van der Waals surface area contributed by atoms with Crippen molar-refractivity contribution in [3.63, 3.8) is 0 Å². The van der Waals surface area contributed by atoms with E-state index in [9.17, 15) is 22.4 Å². The van der Waals surface area contributed by atoms with Gasteiger partial charge in [0, 0.05) is 13.2 Å². The molecule has 0 fully saturated rings. The van der Waals surface area contributed by atoms with E-state index in [1.807, 2.05) is 6.92 Å². The first-order valence-corrected chi connectivity index (χ1v) is 8.07. The molecule has 0 bridgehead atoms. The molecule has 1 aromatic heterocycles. The number of nitrogens with zero attached hydrogens (tertiary/aromatic N) is 2. The highest BCUT2D eigenvalue weighted by Gasteiger charge is 2.27. The fourth-order valence-corrected chi connectivity index (χ4v) is 2.37. The van der Waals surface area contributed by atoms with Crippen LogP contribution in [0, 0.1) is 5.82 Å². The van der Waals surface area contributed by atoms with E-state index in [1.165, 1.54) is 18.3 Å². The number of benzene rings is 1. The first-order chi connectivity index (χ1) is 12.3. The molecule has 1 N–H and O–H groups in total. The zero-order chi connectivity index (χ0) is 19.2. The lowest BCUT2D eigenvalue weighted by molar-refractivity contribution is -0.173. The molecule has 5 nitrogen and oxygen atoms in total. The number of carbonyl (C=O) groups is 1. The van der Waals surface area contributed by atoms with Crippen molar-refractivity contribution in [3.8, 4) is 5.69 Å². The van der Waals surface area contributed by atoms with Gasteiger partial charge in [0.15, 0.2) is 0 Å². The summed E-state index contributed by atoms with van der Waals surface area (Å²) < 4.78 is 54.9. The Morgan fingerprint density at radius 1 is 1.27 bits per heavy atom. The van der Waals surface area contributed by atoms with Gasteiger partial charge in [-0.05, 0) is 37.1 Å². The third kappa shape index (κ3) is 5.55. The van der Waals surface area contributed by atoms with Crippen molar-refractivity contribution in [1.82, 2.24) is 15.1 Å². The number of ether oxygens (including phenoxy) is 1. The number of amides is 1. The van der Waals surface area contributed by atoms with Gasteiger partial charge in [-0.2, -0.15) is 18.3 Å². The van der Waals surface area contributed by atoms with Gasteiger partial charge in [0.05, 0.1) is 23.1 Å². The predicted molar refractivity (Wildman–Crippen MR) is 86.7 cm³/mol. The van der Waals surface area contributed by atoms with Crippen molar-refractivity contribution in [3.05, 3.63) is 47.5 Å². The van der Waals surface area contributed by atoms with E-state index in [-0.39, 0.29) is 31.3 Å². The summed E-state index contributed by atoms with van der Waals surface area (Å²) in [5.74, 6) is -0.740. The minimum absolute atomic E-state index is 0.102. The topological polar surface area (TPSA) is 56.1 Å². The summed E-state index contributed by atoms with van der Waals surface area (Å²) in [6, 6.07) is 5.72. The van der Waals surface area contributed by atoms with Crippen LogP contribution in [0.25, 0.3) is 5.69 Å². The molecule has 2 rings (SSSR count). The largest absolute Gasteiger partial charge is 0.411 e. The quantitative estimate of drug-likeness (QED) is 0.571. The second kappa shape index (κ2) is 8.79. The van der Waals surface area contributed by atoms with Crippen LogP contribution in [0.15, 0.2) is 30.5 Å². The number of hydrogen-bond acceptors (Lipinski definition) is 3. The normalized spacial score (nSPS) is 11.6. The monoisotopic (exact) mass is 373 g/mol. The molecular weight excluding hydrogens is 354 g/mol. The molecule has 1 amide bonds. The molecular formula is C17H19F4N3O2. The maximum absolute atomic E-state index is 13.0. The Kier molecular flexibility index (Phi) is 6.73. The molecule has 2 aromatic rings. The highest BCUT2D eigenvalue weighted by Crippen LogP contribution is 2.17. The Hall–Kier alpha value is -2.42. The zero-order valence-corrected chi connectivity index (χ0v) is 14.1. The van der Waals surface area contributed by atoms with Crippen molar-refractivity contribution in [2.24, 2.45) is 0 Å². The van der Waals surface area contributed by atoms with Gasteiger partial charge in [0.25, 0.3) is 5.91 Å². The molecule has 9 heteroatoms. The molecule has 26 heavy (non-hydrogen) atoms. The third-order valence-electron chi connectivity index (χ3n) is 3.54. The summed E-state index contributed by atoms with van der Waals surface area (Å²) in [5, 5.41) is 6.81. The van der Waals surface area contributed by atoms with Crippen molar-refractivity contribution < 1.29 is 27.1 Å². The van der Waals surface area contributed by atoms with Crippen LogP contribution in [-0.2, 0) is 11.2 Å². The number of halogens is 4. The van der Waals surface area contributed by atoms with Crippen LogP contribution in [0.5, 0.6) is 0 Å². The standard InChI is InChI=1S/C17H19F4N3O2/c1-2-15-14(10-23-24(15)13-6-4-12(18)5-7-13)16(25)22-8-3-9-26-11-17(19,20)21/h4-7,10H,2-3,8-9,11H2,1H3,(H,22,25). The van der Waals surface area contributed by atoms with E-state index in [0.717, 1.165) is 0 Å². The molecule has 0 unspecified atom stereocenters. The van der Waals surface area contributed by atoms with E-state index in [0.29, 0.717) is 23.4 Å². The summed E-state index contributed by atoms with van der Waals surface area (Å²) >= 11 is 0. The maximum atomic E-state index is 13.0. The highest BCUT2D eigenvalue weighted by atomic mass is 19.4. The van der Waals surface area contributed by atoms with Gasteiger partial charge in [-0.1, -0.05) is 6.92 Å². The molecule has 0 saturated carbocycles. The summed E-state index contributed by atoms with van der Waals surface area (Å²) in [6.07, 6.45) is -2.16. The van der Waals surface area contributed by atoms with Crippen LogP contribution in [-0.4, -0.2) is 41.6 Å². The lowest BCUT2D eigenvalue weighted by Gasteiger charge is -2.09. The van der Waals surface area contributed by atoms with Crippen molar-refractivity contribution in [2.75, 3.05) is 19.8 Å². The molecule has 0 aliphatic heterocycles. The fourth-order valence-electron chi connectivity index (χ4n) is 2.37. The Morgan fingerprint density at radius 3 is 2.58 bits per heavy atom. The molecule has 0 saturated heterocycles. The zero-order valence-electron chi connectivity index (χ0n) is 14.1. The fraction of sp³-hybridized carbons (Fsp3) is 0.412. The Labute approximate surface area is 148 Å². The molecule has 0 aliphatic rings. The van der Waals surface area contributed by atoms with E-state index >= 15 is 0 Å². The average Bonchev–Trinajstić information content (AvgIpc) is 3.01. The van der Waals surface area contributed by atoms with Gasteiger partial charge < -0.3 is 10.1 Å². The molecule has 0 radical (unpaired) electrons. The van der Waals surface area contributed by atoms with Gasteiger partial charge in [-0.15, -0.1) is 0 Å². The van der Waals surface area contributed by atoms with E-state index < -0.39 is 12.8 Å². The predicted octanol–water partition coefficient (Wildman–Crippen LogP) is 3.27. The van der Waals surface area contributed by atoms with Gasteiger partial charge in [0.2, 0.25) is 0 Å². The number of aromatic nitrogens is 2. The van der Waals surface area contributed by atoms with E-state index in [2.05, 4.69) is 15.2 Å². The summed E-state index contributed by atoms with van der Waals surface area (Å²) in [5.41, 5.74) is 1.65. The van der Waals surface area contributed by atoms with Gasteiger partial charge >= 0.3 is 6.18 Å². The van der Waals surface area contributed by atoms with Crippen molar-refractivity contribution >= 4 is 5.91 Å². The van der Waals surface area contributed by atoms with Crippen molar-refractivity contribution in [1.29, 1.82) is 0 Å². The summed E-state index contributed by atoms with van der Waals surface area (Å²) in [4.78, 5) is 12.3. The Morgan fingerprint density at radius 2 is 1.96 bits per heavy atom. The number of alkyl halides is 3. The van der Waals surface area contributed by atoms with Crippen LogP contribution < -0.4 is 5.32 Å². The van der Waals surface area contributed by atoms with Gasteiger partial charge in [0.1, 0.15) is 12.4 Å². The smallest absolute Gasteiger partial charge is 0.372 e. The lowest BCUT2D eigenvalue weighted by Crippen LogP contribution is -2.26. The van der Waals surface area contributed by atoms with Crippen LogP contribution in [0.1, 0.15) is 29.4 Å². The Bertz CT molecular complexity index is 727. The van der Waals surface area contributed by atoms with E-state index in [4.69, 9.17) is 0 Å². The summed E-state index contributed by atoms with van der Waals surface area (Å²) in [6.45, 7) is 0.640. The number of carbonyl (C=O) groups excluding carboxylic acids is 1. The molecule has 142 valence electrons. The maximum Gasteiger partial charge on any atom is 0.411 e. The molecule has 0 spiro atoms. The second-order valence-electron chi connectivity index (χ2n) is 5.52. The lowest BCUT2D eigenvalue weighted by atomic mass is 10.2. The SMILES string of the molecule is CCc1c(C(=O)NCCCOCC(F)(F)F)cnn1-c1ccc(F)cc1. The van der Waals surface area contributed by atoms with Crippen molar-refractivity contribution in [2.45, 2.75) is 25.9 Å². The molecule has 1 heterocycles. The van der Waals surface area contributed by atoms with Crippen LogP contribution in [0.2, 0.25) is 0 Å². The molecule has 0 aliphatic carbocycles. The Balaban J connectivity index is 1.92. The number of nitrogens with one attached hydrogen (secondary N) is 1. The first-order valence-electron chi connectivity index (χ1n) is 8.07. The number of hydrogen-bond donors (Lipinski definition) is 1. The third-order valence-corrected chi connectivity index (χ3v) is 3.54. The minimum Gasteiger partial charge on any atom is -0.372 e. The second-order valence-corrected chi connectivity index (χ2v) is 5.52. The average molecular weight is 373 g/mol.